The zero-order valence-electron chi connectivity index (χ0n) is 17.5. The van der Waals surface area contributed by atoms with Crippen LogP contribution in [-0.4, -0.2) is 55.1 Å². The minimum atomic E-state index is -1.26. The predicted molar refractivity (Wildman–Crippen MR) is 125 cm³/mol. The normalized spacial score (nSPS) is 16.4. The van der Waals surface area contributed by atoms with E-state index in [9.17, 15) is 9.59 Å². The van der Waals surface area contributed by atoms with Crippen molar-refractivity contribution >= 4 is 46.7 Å². The van der Waals surface area contributed by atoms with Crippen LogP contribution in [0.5, 0.6) is 11.5 Å². The molecule has 0 spiro atoms. The SMILES string of the molecule is COc1c(Cl)c(Cl)cc(Cl)c1O[C@@H](c1ccccc1)[C@@H]1CNCCO1.O=C(O)C=CC(=O)O. The maximum atomic E-state index is 9.55. The van der Waals surface area contributed by atoms with Crippen LogP contribution in [0.25, 0.3) is 0 Å². The number of carbonyl (C=O) groups is 2. The number of methoxy groups -OCH3 is 1. The van der Waals surface area contributed by atoms with Gasteiger partial charge < -0.3 is 29.7 Å². The molecule has 0 unspecified atom stereocenters. The van der Waals surface area contributed by atoms with Crippen LogP contribution in [-0.2, 0) is 14.3 Å². The minimum Gasteiger partial charge on any atom is -0.491 e. The summed E-state index contributed by atoms with van der Waals surface area (Å²) in [4.78, 5) is 19.1. The average Bonchev–Trinajstić information content (AvgIpc) is 2.80. The Morgan fingerprint density at radius 2 is 1.73 bits per heavy atom. The zero-order chi connectivity index (χ0) is 24.4. The second-order valence-corrected chi connectivity index (χ2v) is 7.78. The van der Waals surface area contributed by atoms with E-state index in [2.05, 4.69) is 5.32 Å². The van der Waals surface area contributed by atoms with Crippen molar-refractivity contribution in [1.82, 2.24) is 5.32 Å². The fourth-order valence-corrected chi connectivity index (χ4v) is 3.61. The molecular weight excluding hydrogens is 497 g/mol. The van der Waals surface area contributed by atoms with Gasteiger partial charge >= 0.3 is 11.9 Å². The van der Waals surface area contributed by atoms with Crippen LogP contribution >= 0.6 is 34.8 Å². The maximum Gasteiger partial charge on any atom is 0.328 e. The second-order valence-electron chi connectivity index (χ2n) is 6.59. The number of hydrogen-bond acceptors (Lipinski definition) is 6. The van der Waals surface area contributed by atoms with Crippen molar-refractivity contribution in [2.45, 2.75) is 12.2 Å². The quantitative estimate of drug-likeness (QED) is 0.363. The Bertz CT molecular complexity index is 964. The molecule has 8 nitrogen and oxygen atoms in total. The maximum absolute atomic E-state index is 9.55. The molecule has 2 atom stereocenters. The fraction of sp³-hybridized carbons (Fsp3) is 0.273. The summed E-state index contributed by atoms with van der Waals surface area (Å²) in [5, 5.41) is 19.8. The van der Waals surface area contributed by atoms with E-state index in [0.717, 1.165) is 12.1 Å². The molecule has 0 saturated carbocycles. The lowest BCUT2D eigenvalue weighted by molar-refractivity contribution is -0.134. The Morgan fingerprint density at radius 1 is 1.09 bits per heavy atom. The molecule has 3 rings (SSSR count). The summed E-state index contributed by atoms with van der Waals surface area (Å²) < 4.78 is 17.5. The first-order valence-corrected chi connectivity index (χ1v) is 10.8. The Kier molecular flexibility index (Phi) is 10.8. The molecule has 1 aliphatic rings. The fourth-order valence-electron chi connectivity index (χ4n) is 2.90. The van der Waals surface area contributed by atoms with Crippen LogP contribution in [0, 0.1) is 0 Å². The van der Waals surface area contributed by atoms with Crippen LogP contribution in [0.1, 0.15) is 11.7 Å². The van der Waals surface area contributed by atoms with E-state index in [1.54, 1.807) is 6.07 Å². The van der Waals surface area contributed by atoms with Gasteiger partial charge in [-0.2, -0.15) is 0 Å². The predicted octanol–water partition coefficient (Wildman–Crippen LogP) is 4.48. The van der Waals surface area contributed by atoms with Gasteiger partial charge in [-0.3, -0.25) is 0 Å². The highest BCUT2D eigenvalue weighted by molar-refractivity contribution is 6.44. The van der Waals surface area contributed by atoms with Gasteiger partial charge in [0.15, 0.2) is 17.6 Å². The van der Waals surface area contributed by atoms with Crippen molar-refractivity contribution in [2.24, 2.45) is 0 Å². The van der Waals surface area contributed by atoms with Gasteiger partial charge in [-0.15, -0.1) is 0 Å². The summed E-state index contributed by atoms with van der Waals surface area (Å²) >= 11 is 18.7. The van der Waals surface area contributed by atoms with E-state index in [1.807, 2.05) is 30.3 Å². The number of benzene rings is 2. The molecule has 3 N–H and O–H groups in total. The highest BCUT2D eigenvalue weighted by Gasteiger charge is 2.30. The third-order valence-electron chi connectivity index (χ3n) is 4.33. The first-order chi connectivity index (χ1) is 15.7. The largest absolute Gasteiger partial charge is 0.491 e. The highest BCUT2D eigenvalue weighted by atomic mass is 35.5. The van der Waals surface area contributed by atoms with E-state index in [-0.39, 0.29) is 17.2 Å². The first-order valence-electron chi connectivity index (χ1n) is 9.64. The number of halogens is 3. The number of nitrogens with one attached hydrogen (secondary N) is 1. The van der Waals surface area contributed by atoms with Gasteiger partial charge in [-0.1, -0.05) is 65.1 Å². The summed E-state index contributed by atoms with van der Waals surface area (Å²) in [7, 11) is 1.50. The van der Waals surface area contributed by atoms with Crippen molar-refractivity contribution in [3.63, 3.8) is 0 Å². The third kappa shape index (κ3) is 8.10. The lowest BCUT2D eigenvalue weighted by atomic mass is 10.0. The van der Waals surface area contributed by atoms with Gasteiger partial charge in [-0.05, 0) is 11.6 Å². The van der Waals surface area contributed by atoms with E-state index in [1.165, 1.54) is 7.11 Å². The Hall–Kier alpha value is -2.49. The molecule has 11 heteroatoms. The summed E-state index contributed by atoms with van der Waals surface area (Å²) in [5.41, 5.74) is 0.973. The van der Waals surface area contributed by atoms with Crippen LogP contribution < -0.4 is 14.8 Å². The molecule has 33 heavy (non-hydrogen) atoms. The van der Waals surface area contributed by atoms with E-state index in [4.69, 9.17) is 59.2 Å². The van der Waals surface area contributed by atoms with Gasteiger partial charge in [-0.25, -0.2) is 9.59 Å². The molecule has 1 heterocycles. The number of aliphatic carboxylic acids is 2. The molecular formula is C22H22Cl3NO7. The first kappa shape index (κ1) is 26.8. The number of ether oxygens (including phenoxy) is 3. The van der Waals surface area contributed by atoms with Gasteiger partial charge in [0.1, 0.15) is 11.1 Å². The van der Waals surface area contributed by atoms with Crippen molar-refractivity contribution < 1.29 is 34.0 Å². The lowest BCUT2D eigenvalue weighted by Crippen LogP contribution is -2.43. The number of carboxylic acids is 2. The zero-order valence-corrected chi connectivity index (χ0v) is 19.7. The van der Waals surface area contributed by atoms with Crippen LogP contribution in [0.3, 0.4) is 0 Å². The Morgan fingerprint density at radius 3 is 2.24 bits per heavy atom. The molecule has 1 fully saturated rings. The number of rotatable bonds is 7. The molecule has 2 aromatic carbocycles. The molecule has 0 aliphatic carbocycles. The lowest BCUT2D eigenvalue weighted by Gasteiger charge is -2.32. The van der Waals surface area contributed by atoms with Gasteiger partial charge in [0.2, 0.25) is 0 Å². The van der Waals surface area contributed by atoms with Crippen molar-refractivity contribution in [3.05, 3.63) is 69.2 Å². The number of morpholine rings is 1. The van der Waals surface area contributed by atoms with Gasteiger partial charge in [0.05, 0.1) is 23.8 Å². The van der Waals surface area contributed by atoms with Crippen LogP contribution in [0.2, 0.25) is 15.1 Å². The van der Waals surface area contributed by atoms with Crippen molar-refractivity contribution in [3.8, 4) is 11.5 Å². The monoisotopic (exact) mass is 517 g/mol. The van der Waals surface area contributed by atoms with E-state index in [0.29, 0.717) is 46.8 Å². The number of carboxylic acid groups (broad SMARTS) is 2. The molecule has 1 saturated heterocycles. The summed E-state index contributed by atoms with van der Waals surface area (Å²) in [6.45, 7) is 2.10. The van der Waals surface area contributed by atoms with Gasteiger partial charge in [0, 0.05) is 25.2 Å². The van der Waals surface area contributed by atoms with Crippen molar-refractivity contribution in [2.75, 3.05) is 26.8 Å². The number of hydrogen-bond donors (Lipinski definition) is 3. The Balaban J connectivity index is 0.000000414. The van der Waals surface area contributed by atoms with Gasteiger partial charge in [0.25, 0.3) is 0 Å². The van der Waals surface area contributed by atoms with E-state index < -0.39 is 11.9 Å². The van der Waals surface area contributed by atoms with Crippen molar-refractivity contribution in [1.29, 1.82) is 0 Å². The average molecular weight is 519 g/mol. The molecule has 0 radical (unpaired) electrons. The summed E-state index contributed by atoms with van der Waals surface area (Å²) in [6, 6.07) is 11.4. The Labute approximate surface area is 205 Å². The van der Waals surface area contributed by atoms with Crippen LogP contribution in [0.4, 0.5) is 0 Å². The summed E-state index contributed by atoms with van der Waals surface area (Å²) in [6.07, 6.45) is 0.564. The molecule has 178 valence electrons. The molecule has 2 aromatic rings. The highest BCUT2D eigenvalue weighted by Crippen LogP contribution is 2.47. The smallest absolute Gasteiger partial charge is 0.328 e. The topological polar surface area (TPSA) is 114 Å². The minimum absolute atomic E-state index is 0.175. The molecule has 0 bridgehead atoms. The molecule has 0 aromatic heterocycles. The summed E-state index contributed by atoms with van der Waals surface area (Å²) in [5.74, 6) is -1.86. The third-order valence-corrected chi connectivity index (χ3v) is 5.38. The molecule has 1 aliphatic heterocycles. The van der Waals surface area contributed by atoms with E-state index >= 15 is 0 Å². The standard InChI is InChI=1S/C18H18Cl3NO3.C4H4O4/c1-23-18-15(21)12(19)9-13(20)17(18)25-16(11-5-3-2-4-6-11)14-10-22-7-8-24-14;5-3(6)1-2-4(7)8/h2-6,9,14,16,22H,7-8,10H2,1H3;1-2H,(H,5,6)(H,7,8)/t14-,16-;/m0./s1. The second kappa shape index (κ2) is 13.3. The molecule has 0 amide bonds. The van der Waals surface area contributed by atoms with Crippen LogP contribution in [0.15, 0.2) is 48.6 Å².